The molecule has 3 unspecified atom stereocenters. The van der Waals surface area contributed by atoms with Crippen molar-refractivity contribution in [1.82, 2.24) is 15.1 Å². The van der Waals surface area contributed by atoms with Crippen LogP contribution < -0.4 is 5.32 Å². The van der Waals surface area contributed by atoms with E-state index in [1.807, 2.05) is 0 Å². The quantitative estimate of drug-likeness (QED) is 0.763. The number of hydrogen-bond acceptors (Lipinski definition) is 3. The second-order valence-electron chi connectivity index (χ2n) is 6.80. The number of nitrogens with zero attached hydrogens (tertiary/aromatic N) is 2. The van der Waals surface area contributed by atoms with Crippen LogP contribution in [0.25, 0.3) is 0 Å². The second-order valence-corrected chi connectivity index (χ2v) is 6.80. The molecule has 1 aliphatic heterocycles. The maximum atomic E-state index is 3.77. The van der Waals surface area contributed by atoms with Crippen molar-refractivity contribution in [3.63, 3.8) is 0 Å². The SMILES string of the molecule is CCCNC1CCCC1CN1CCCC1CN(C)C. The lowest BCUT2D eigenvalue weighted by Gasteiger charge is -2.31. The van der Waals surface area contributed by atoms with E-state index in [-0.39, 0.29) is 0 Å². The zero-order valence-electron chi connectivity index (χ0n) is 13.2. The summed E-state index contributed by atoms with van der Waals surface area (Å²) < 4.78 is 0. The smallest absolute Gasteiger partial charge is 0.0223 e. The topological polar surface area (TPSA) is 18.5 Å². The van der Waals surface area contributed by atoms with Crippen LogP contribution in [0, 0.1) is 5.92 Å². The molecule has 0 spiro atoms. The number of hydrogen-bond donors (Lipinski definition) is 1. The molecule has 3 atom stereocenters. The van der Waals surface area contributed by atoms with Crippen LogP contribution in [0.2, 0.25) is 0 Å². The molecule has 2 rings (SSSR count). The molecule has 0 aromatic carbocycles. The Labute approximate surface area is 119 Å². The van der Waals surface area contributed by atoms with E-state index in [2.05, 4.69) is 36.1 Å². The summed E-state index contributed by atoms with van der Waals surface area (Å²) in [5.41, 5.74) is 0. The average Bonchev–Trinajstić information content (AvgIpc) is 2.97. The molecule has 19 heavy (non-hydrogen) atoms. The van der Waals surface area contributed by atoms with Gasteiger partial charge in [-0.3, -0.25) is 4.90 Å². The summed E-state index contributed by atoms with van der Waals surface area (Å²) in [6.45, 7) is 7.36. The number of likely N-dealkylation sites (tertiary alicyclic amines) is 1. The maximum absolute atomic E-state index is 3.77. The van der Waals surface area contributed by atoms with Gasteiger partial charge in [-0.2, -0.15) is 0 Å². The summed E-state index contributed by atoms with van der Waals surface area (Å²) in [4.78, 5) is 5.13. The van der Waals surface area contributed by atoms with Crippen LogP contribution in [0.15, 0.2) is 0 Å². The van der Waals surface area contributed by atoms with Crippen molar-refractivity contribution in [3.8, 4) is 0 Å². The third kappa shape index (κ3) is 4.44. The highest BCUT2D eigenvalue weighted by Gasteiger charge is 2.32. The Hall–Kier alpha value is -0.120. The first kappa shape index (κ1) is 15.3. The molecule has 1 saturated carbocycles. The summed E-state index contributed by atoms with van der Waals surface area (Å²) in [5, 5.41) is 3.77. The first-order valence-electron chi connectivity index (χ1n) is 8.33. The van der Waals surface area contributed by atoms with Crippen molar-refractivity contribution in [2.75, 3.05) is 40.3 Å². The predicted octanol–water partition coefficient (Wildman–Crippen LogP) is 2.18. The van der Waals surface area contributed by atoms with Gasteiger partial charge in [0, 0.05) is 25.2 Å². The Morgan fingerprint density at radius 1 is 1.16 bits per heavy atom. The van der Waals surface area contributed by atoms with Gasteiger partial charge in [-0.05, 0) is 65.2 Å². The van der Waals surface area contributed by atoms with E-state index < -0.39 is 0 Å². The van der Waals surface area contributed by atoms with Crippen molar-refractivity contribution >= 4 is 0 Å². The molecule has 2 fully saturated rings. The highest BCUT2D eigenvalue weighted by atomic mass is 15.2. The molecule has 1 heterocycles. The molecule has 2 aliphatic rings. The Balaban J connectivity index is 1.81. The lowest BCUT2D eigenvalue weighted by Crippen LogP contribution is -2.44. The molecular formula is C16H33N3. The monoisotopic (exact) mass is 267 g/mol. The lowest BCUT2D eigenvalue weighted by molar-refractivity contribution is 0.171. The van der Waals surface area contributed by atoms with Gasteiger partial charge in [0.05, 0.1) is 0 Å². The van der Waals surface area contributed by atoms with E-state index in [0.717, 1.165) is 18.0 Å². The Bertz CT molecular complexity index is 254. The van der Waals surface area contributed by atoms with Gasteiger partial charge in [-0.25, -0.2) is 0 Å². The summed E-state index contributed by atoms with van der Waals surface area (Å²) in [6, 6.07) is 1.60. The van der Waals surface area contributed by atoms with Crippen molar-refractivity contribution in [3.05, 3.63) is 0 Å². The Morgan fingerprint density at radius 3 is 2.74 bits per heavy atom. The molecule has 1 aliphatic carbocycles. The van der Waals surface area contributed by atoms with Gasteiger partial charge < -0.3 is 10.2 Å². The molecule has 0 bridgehead atoms. The van der Waals surface area contributed by atoms with Crippen LogP contribution in [-0.4, -0.2) is 62.2 Å². The van der Waals surface area contributed by atoms with Crippen LogP contribution in [0.3, 0.4) is 0 Å². The molecule has 112 valence electrons. The fourth-order valence-electron chi connectivity index (χ4n) is 3.92. The standard InChI is InChI=1S/C16H33N3/c1-4-10-17-16-9-5-7-14(16)12-19-11-6-8-15(19)13-18(2)3/h14-17H,4-13H2,1-3H3. The third-order valence-corrected chi connectivity index (χ3v) is 4.86. The van der Waals surface area contributed by atoms with Crippen molar-refractivity contribution < 1.29 is 0 Å². The summed E-state index contributed by atoms with van der Waals surface area (Å²) >= 11 is 0. The van der Waals surface area contributed by atoms with E-state index in [9.17, 15) is 0 Å². The van der Waals surface area contributed by atoms with E-state index in [4.69, 9.17) is 0 Å². The van der Waals surface area contributed by atoms with Gasteiger partial charge >= 0.3 is 0 Å². The predicted molar refractivity (Wildman–Crippen MR) is 82.6 cm³/mol. The number of likely N-dealkylation sites (N-methyl/N-ethyl adjacent to an activating group) is 1. The molecule has 1 saturated heterocycles. The fourth-order valence-corrected chi connectivity index (χ4v) is 3.92. The van der Waals surface area contributed by atoms with Crippen LogP contribution >= 0.6 is 0 Å². The van der Waals surface area contributed by atoms with Gasteiger partial charge in [-0.1, -0.05) is 13.3 Å². The van der Waals surface area contributed by atoms with E-state index >= 15 is 0 Å². The molecule has 0 radical (unpaired) electrons. The van der Waals surface area contributed by atoms with Crippen LogP contribution in [0.5, 0.6) is 0 Å². The van der Waals surface area contributed by atoms with Crippen molar-refractivity contribution in [1.29, 1.82) is 0 Å². The minimum absolute atomic E-state index is 0.792. The second kappa shape index (κ2) is 7.61. The van der Waals surface area contributed by atoms with Gasteiger partial charge in [0.2, 0.25) is 0 Å². The first-order valence-corrected chi connectivity index (χ1v) is 8.33. The van der Waals surface area contributed by atoms with E-state index in [1.54, 1.807) is 0 Å². The molecule has 1 N–H and O–H groups in total. The zero-order chi connectivity index (χ0) is 13.7. The highest BCUT2D eigenvalue weighted by Crippen LogP contribution is 2.29. The summed E-state index contributed by atoms with van der Waals surface area (Å²) in [5.74, 6) is 0.898. The minimum atomic E-state index is 0.792. The molecular weight excluding hydrogens is 234 g/mol. The number of rotatable bonds is 7. The molecule has 0 aromatic heterocycles. The molecule has 0 aromatic rings. The van der Waals surface area contributed by atoms with Crippen LogP contribution in [0.4, 0.5) is 0 Å². The van der Waals surface area contributed by atoms with Gasteiger partial charge in [0.1, 0.15) is 0 Å². The maximum Gasteiger partial charge on any atom is 0.0223 e. The summed E-state index contributed by atoms with van der Waals surface area (Å²) in [6.07, 6.45) is 8.33. The van der Waals surface area contributed by atoms with Crippen molar-refractivity contribution in [2.24, 2.45) is 5.92 Å². The van der Waals surface area contributed by atoms with Crippen molar-refractivity contribution in [2.45, 2.75) is 57.5 Å². The average molecular weight is 267 g/mol. The first-order chi connectivity index (χ1) is 9.20. The molecule has 0 amide bonds. The largest absolute Gasteiger partial charge is 0.314 e. The van der Waals surface area contributed by atoms with Crippen LogP contribution in [0.1, 0.15) is 45.4 Å². The highest BCUT2D eigenvalue weighted by molar-refractivity contribution is 4.89. The van der Waals surface area contributed by atoms with E-state index in [0.29, 0.717) is 0 Å². The van der Waals surface area contributed by atoms with Gasteiger partial charge in [0.25, 0.3) is 0 Å². The van der Waals surface area contributed by atoms with Crippen LogP contribution in [-0.2, 0) is 0 Å². The summed E-state index contributed by atoms with van der Waals surface area (Å²) in [7, 11) is 4.41. The fraction of sp³-hybridized carbons (Fsp3) is 1.00. The molecule has 3 nitrogen and oxygen atoms in total. The third-order valence-electron chi connectivity index (χ3n) is 4.86. The Morgan fingerprint density at radius 2 is 2.00 bits per heavy atom. The van der Waals surface area contributed by atoms with E-state index in [1.165, 1.54) is 64.7 Å². The zero-order valence-corrected chi connectivity index (χ0v) is 13.2. The minimum Gasteiger partial charge on any atom is -0.314 e. The molecule has 3 heteroatoms. The van der Waals surface area contributed by atoms with Gasteiger partial charge in [0.15, 0.2) is 0 Å². The lowest BCUT2D eigenvalue weighted by atomic mass is 10.0. The number of nitrogens with one attached hydrogen (secondary N) is 1. The van der Waals surface area contributed by atoms with Gasteiger partial charge in [-0.15, -0.1) is 0 Å². The Kier molecular flexibility index (Phi) is 6.11. The normalized spacial score (nSPS) is 32.5.